The number of nitrogens with one attached hydrogen (secondary N) is 1. The van der Waals surface area contributed by atoms with E-state index in [9.17, 15) is 0 Å². The van der Waals surface area contributed by atoms with E-state index in [1.54, 1.807) is 13.1 Å². The van der Waals surface area contributed by atoms with Crippen LogP contribution in [0.1, 0.15) is 12.5 Å². The van der Waals surface area contributed by atoms with Crippen LogP contribution in [0.15, 0.2) is 35.3 Å². The molecule has 0 spiro atoms. The lowest BCUT2D eigenvalue weighted by Crippen LogP contribution is -1.93. The molecule has 1 aromatic carbocycles. The van der Waals surface area contributed by atoms with Gasteiger partial charge in [-0.05, 0) is 6.92 Å². The van der Waals surface area contributed by atoms with Crippen molar-refractivity contribution in [3.8, 4) is 0 Å². The Bertz CT molecular complexity index is 262. The third-order valence-corrected chi connectivity index (χ3v) is 1.31. The van der Waals surface area contributed by atoms with Crippen molar-refractivity contribution in [1.82, 2.24) is 0 Å². The molecule has 2 nitrogen and oxygen atoms in total. The largest absolute Gasteiger partial charge is 0.282 e. The predicted molar refractivity (Wildman–Crippen MR) is 47.4 cm³/mol. The van der Waals surface area contributed by atoms with Crippen LogP contribution in [0.2, 0.25) is 0 Å². The van der Waals surface area contributed by atoms with Crippen LogP contribution in [0.3, 0.4) is 0 Å². The molecule has 0 amide bonds. The van der Waals surface area contributed by atoms with Crippen LogP contribution in [0.4, 0.5) is 0 Å². The van der Waals surface area contributed by atoms with Gasteiger partial charge in [-0.1, -0.05) is 30.3 Å². The normalized spacial score (nSPS) is 10.3. The fourth-order valence-electron chi connectivity index (χ4n) is 0.800. The van der Waals surface area contributed by atoms with Gasteiger partial charge in [-0.15, -0.1) is 0 Å². The number of benzene rings is 1. The van der Waals surface area contributed by atoms with Crippen LogP contribution < -0.4 is 0 Å². The third kappa shape index (κ3) is 2.00. The Kier molecular flexibility index (Phi) is 2.55. The summed E-state index contributed by atoms with van der Waals surface area (Å²) in [5, 5.41) is 7.43. The van der Waals surface area contributed by atoms with Gasteiger partial charge in [-0.2, -0.15) is 0 Å². The van der Waals surface area contributed by atoms with Crippen LogP contribution in [-0.4, -0.2) is 12.1 Å². The van der Waals surface area contributed by atoms with E-state index in [0.717, 1.165) is 5.56 Å². The van der Waals surface area contributed by atoms with Gasteiger partial charge in [-0.25, -0.2) is 4.99 Å². The number of amidine groups is 1. The van der Waals surface area contributed by atoms with E-state index in [1.165, 1.54) is 0 Å². The van der Waals surface area contributed by atoms with Gasteiger partial charge in [-0.3, -0.25) is 5.41 Å². The van der Waals surface area contributed by atoms with Gasteiger partial charge < -0.3 is 0 Å². The van der Waals surface area contributed by atoms with Gasteiger partial charge in [0.05, 0.1) is 0 Å². The van der Waals surface area contributed by atoms with Crippen molar-refractivity contribution in [2.45, 2.75) is 6.92 Å². The first-order chi connectivity index (χ1) is 5.34. The highest BCUT2D eigenvalue weighted by Crippen LogP contribution is 1.99. The number of nitrogens with zero attached hydrogens (tertiary/aromatic N) is 1. The Balaban J connectivity index is 2.86. The van der Waals surface area contributed by atoms with E-state index >= 15 is 0 Å². The van der Waals surface area contributed by atoms with Gasteiger partial charge in [0.1, 0.15) is 0 Å². The average molecular weight is 146 g/mol. The quantitative estimate of drug-likeness (QED) is 0.465. The van der Waals surface area contributed by atoms with Crippen LogP contribution in [0.5, 0.6) is 0 Å². The van der Waals surface area contributed by atoms with E-state index in [-0.39, 0.29) is 0 Å². The fourth-order valence-corrected chi connectivity index (χ4v) is 0.800. The van der Waals surface area contributed by atoms with Crippen molar-refractivity contribution in [3.63, 3.8) is 0 Å². The molecular weight excluding hydrogens is 136 g/mol. The van der Waals surface area contributed by atoms with Gasteiger partial charge in [0.15, 0.2) is 5.84 Å². The first-order valence-corrected chi connectivity index (χ1v) is 3.47. The zero-order chi connectivity index (χ0) is 8.10. The molecule has 1 N–H and O–H groups in total. The van der Waals surface area contributed by atoms with Crippen molar-refractivity contribution < 1.29 is 0 Å². The topological polar surface area (TPSA) is 36.2 Å². The average Bonchev–Trinajstić information content (AvgIpc) is 2.07. The van der Waals surface area contributed by atoms with Gasteiger partial charge in [0.2, 0.25) is 0 Å². The van der Waals surface area contributed by atoms with Crippen molar-refractivity contribution >= 4 is 12.1 Å². The summed E-state index contributed by atoms with van der Waals surface area (Å²) in [4.78, 5) is 3.85. The van der Waals surface area contributed by atoms with Crippen molar-refractivity contribution in [3.05, 3.63) is 35.9 Å². The summed E-state index contributed by atoms with van der Waals surface area (Å²) in [6.45, 7) is 1.80. The number of hydrogen-bond acceptors (Lipinski definition) is 1. The molecule has 1 aromatic rings. The molecule has 0 saturated heterocycles. The SMILES string of the molecule is CC=NC(=N)c1ccccc1. The summed E-state index contributed by atoms with van der Waals surface area (Å²) in [5.41, 5.74) is 0.852. The second kappa shape index (κ2) is 3.66. The lowest BCUT2D eigenvalue weighted by atomic mass is 10.2. The molecule has 0 fully saturated rings. The highest BCUT2D eigenvalue weighted by atomic mass is 14.8. The molecule has 0 unspecified atom stereocenters. The summed E-state index contributed by atoms with van der Waals surface area (Å²) < 4.78 is 0. The summed E-state index contributed by atoms with van der Waals surface area (Å²) in [6, 6.07) is 9.46. The van der Waals surface area contributed by atoms with E-state index < -0.39 is 0 Å². The summed E-state index contributed by atoms with van der Waals surface area (Å²) in [5.74, 6) is 0.313. The van der Waals surface area contributed by atoms with Crippen LogP contribution in [0, 0.1) is 5.41 Å². The van der Waals surface area contributed by atoms with Crippen molar-refractivity contribution in [2.24, 2.45) is 4.99 Å². The first-order valence-electron chi connectivity index (χ1n) is 3.47. The molecule has 0 saturated carbocycles. The molecule has 56 valence electrons. The Labute approximate surface area is 66.1 Å². The molecule has 0 heterocycles. The number of aliphatic imine (C=N–C) groups is 1. The standard InChI is InChI=1S/C9H10N2/c1-2-11-9(10)8-6-4-3-5-7-8/h2-7,10H,1H3. The van der Waals surface area contributed by atoms with Crippen LogP contribution in [0.25, 0.3) is 0 Å². The van der Waals surface area contributed by atoms with E-state index in [1.807, 2.05) is 30.3 Å². The lowest BCUT2D eigenvalue weighted by molar-refractivity contribution is 1.42. The third-order valence-electron chi connectivity index (χ3n) is 1.31. The Hall–Kier alpha value is -1.44. The van der Waals surface area contributed by atoms with Crippen molar-refractivity contribution in [1.29, 1.82) is 5.41 Å². The summed E-state index contributed by atoms with van der Waals surface area (Å²) in [6.07, 6.45) is 1.62. The van der Waals surface area contributed by atoms with E-state index in [0.29, 0.717) is 5.84 Å². The van der Waals surface area contributed by atoms with Gasteiger partial charge >= 0.3 is 0 Å². The maximum absolute atomic E-state index is 7.43. The fraction of sp³-hybridized carbons (Fsp3) is 0.111. The van der Waals surface area contributed by atoms with E-state index in [4.69, 9.17) is 5.41 Å². The number of hydrogen-bond donors (Lipinski definition) is 1. The van der Waals surface area contributed by atoms with Gasteiger partial charge in [0, 0.05) is 11.8 Å². The molecule has 11 heavy (non-hydrogen) atoms. The van der Waals surface area contributed by atoms with E-state index in [2.05, 4.69) is 4.99 Å². The minimum absolute atomic E-state index is 0.313. The molecule has 0 radical (unpaired) electrons. The van der Waals surface area contributed by atoms with Gasteiger partial charge in [0.25, 0.3) is 0 Å². The molecule has 2 heteroatoms. The lowest BCUT2D eigenvalue weighted by Gasteiger charge is -1.94. The zero-order valence-corrected chi connectivity index (χ0v) is 6.41. The second-order valence-electron chi connectivity index (χ2n) is 2.10. The smallest absolute Gasteiger partial charge is 0.151 e. The molecule has 0 aliphatic carbocycles. The number of rotatable bonds is 1. The molecule has 0 atom stereocenters. The Morgan fingerprint density at radius 2 is 2.00 bits per heavy atom. The maximum atomic E-state index is 7.43. The molecule has 0 aliphatic heterocycles. The molecular formula is C9H10N2. The highest BCUT2D eigenvalue weighted by molar-refractivity contribution is 6.00. The predicted octanol–water partition coefficient (Wildman–Crippen LogP) is 2.10. The highest BCUT2D eigenvalue weighted by Gasteiger charge is 1.93. The molecule has 0 aromatic heterocycles. The molecule has 0 aliphatic rings. The zero-order valence-electron chi connectivity index (χ0n) is 6.41. The summed E-state index contributed by atoms with van der Waals surface area (Å²) in [7, 11) is 0. The molecule has 1 rings (SSSR count). The minimum Gasteiger partial charge on any atom is -0.282 e. The first kappa shape index (κ1) is 7.66. The molecule has 0 bridgehead atoms. The Morgan fingerprint density at radius 3 is 2.55 bits per heavy atom. The van der Waals surface area contributed by atoms with Crippen LogP contribution >= 0.6 is 0 Å². The summed E-state index contributed by atoms with van der Waals surface area (Å²) >= 11 is 0. The Morgan fingerprint density at radius 1 is 1.36 bits per heavy atom. The maximum Gasteiger partial charge on any atom is 0.151 e. The minimum atomic E-state index is 0.313. The monoisotopic (exact) mass is 146 g/mol. The second-order valence-corrected chi connectivity index (χ2v) is 2.10. The van der Waals surface area contributed by atoms with Crippen molar-refractivity contribution in [2.75, 3.05) is 0 Å². The van der Waals surface area contributed by atoms with Crippen LogP contribution in [-0.2, 0) is 0 Å².